The molecule has 0 aliphatic rings. The molecule has 0 radical (unpaired) electrons. The number of aryl methyl sites for hydroxylation is 1. The minimum Gasteiger partial charge on any atom is -0.325 e. The maximum absolute atomic E-state index is 12.0. The van der Waals surface area contributed by atoms with Crippen molar-refractivity contribution in [3.8, 4) is 0 Å². The van der Waals surface area contributed by atoms with Gasteiger partial charge >= 0.3 is 0 Å². The molecule has 0 heterocycles. The Balaban J connectivity index is 1.91. The molecular formula is C16H16ClNOS. The number of benzene rings is 2. The second kappa shape index (κ2) is 7.36. The van der Waals surface area contributed by atoms with Crippen LogP contribution in [0.25, 0.3) is 0 Å². The molecule has 0 fully saturated rings. The molecule has 0 atom stereocenters. The van der Waals surface area contributed by atoms with Gasteiger partial charge < -0.3 is 5.32 Å². The van der Waals surface area contributed by atoms with Crippen LogP contribution in [0.1, 0.15) is 12.5 Å². The molecule has 0 saturated carbocycles. The summed E-state index contributed by atoms with van der Waals surface area (Å²) < 4.78 is 0. The van der Waals surface area contributed by atoms with Crippen LogP contribution in [0.2, 0.25) is 5.02 Å². The summed E-state index contributed by atoms with van der Waals surface area (Å²) in [5.74, 6) is 0.394. The highest BCUT2D eigenvalue weighted by atomic mass is 35.5. The first kappa shape index (κ1) is 14.9. The number of thioether (sulfide) groups is 1. The molecule has 2 rings (SSSR count). The summed E-state index contributed by atoms with van der Waals surface area (Å²) in [6.45, 7) is 2.08. The fraction of sp³-hybridized carbons (Fsp3) is 0.188. The molecule has 0 bridgehead atoms. The van der Waals surface area contributed by atoms with Gasteiger partial charge in [0.25, 0.3) is 0 Å². The molecule has 4 heteroatoms. The largest absolute Gasteiger partial charge is 0.325 e. The Morgan fingerprint density at radius 2 is 1.85 bits per heavy atom. The van der Waals surface area contributed by atoms with Crippen LogP contribution in [0, 0.1) is 0 Å². The number of amides is 1. The van der Waals surface area contributed by atoms with Gasteiger partial charge in [0.2, 0.25) is 5.91 Å². The Labute approximate surface area is 128 Å². The molecule has 2 aromatic carbocycles. The zero-order valence-corrected chi connectivity index (χ0v) is 12.8. The summed E-state index contributed by atoms with van der Waals surface area (Å²) in [6.07, 6.45) is 0.904. The molecule has 0 aliphatic heterocycles. The number of rotatable bonds is 5. The predicted octanol–water partition coefficient (Wildman–Crippen LogP) is 4.63. The Hall–Kier alpha value is -1.45. The second-order valence-corrected chi connectivity index (χ2v) is 5.79. The van der Waals surface area contributed by atoms with E-state index in [0.717, 1.165) is 22.6 Å². The average molecular weight is 306 g/mol. The number of carbonyl (C=O) groups excluding carboxylic acids is 1. The summed E-state index contributed by atoms with van der Waals surface area (Å²) >= 11 is 7.33. The number of nitrogens with one attached hydrogen (secondary N) is 1. The molecule has 2 nitrogen and oxygen atoms in total. The molecule has 104 valence electrons. The quantitative estimate of drug-likeness (QED) is 0.816. The third-order valence-electron chi connectivity index (χ3n) is 2.86. The van der Waals surface area contributed by atoms with Gasteiger partial charge in [0, 0.05) is 15.6 Å². The monoisotopic (exact) mass is 305 g/mol. The van der Waals surface area contributed by atoms with Crippen molar-refractivity contribution in [1.82, 2.24) is 0 Å². The van der Waals surface area contributed by atoms with Crippen molar-refractivity contribution in [3.05, 3.63) is 59.1 Å². The van der Waals surface area contributed by atoms with E-state index in [1.54, 1.807) is 0 Å². The van der Waals surface area contributed by atoms with Crippen molar-refractivity contribution in [2.24, 2.45) is 0 Å². The molecule has 2 aromatic rings. The number of halogens is 1. The van der Waals surface area contributed by atoms with E-state index in [1.165, 1.54) is 11.8 Å². The first-order valence-corrected chi connectivity index (χ1v) is 7.81. The van der Waals surface area contributed by atoms with E-state index in [-0.39, 0.29) is 5.91 Å². The molecule has 0 aromatic heterocycles. The molecular weight excluding hydrogens is 290 g/mol. The highest BCUT2D eigenvalue weighted by Crippen LogP contribution is 2.21. The third-order valence-corrected chi connectivity index (χ3v) is 4.12. The van der Waals surface area contributed by atoms with E-state index in [4.69, 9.17) is 11.6 Å². The molecule has 1 N–H and O–H groups in total. The van der Waals surface area contributed by atoms with Crippen LogP contribution in [0.4, 0.5) is 5.69 Å². The topological polar surface area (TPSA) is 29.1 Å². The summed E-state index contributed by atoms with van der Waals surface area (Å²) in [4.78, 5) is 13.0. The van der Waals surface area contributed by atoms with Crippen LogP contribution >= 0.6 is 23.4 Å². The van der Waals surface area contributed by atoms with Crippen LogP contribution in [-0.4, -0.2) is 11.7 Å². The Kier molecular flexibility index (Phi) is 5.50. The second-order valence-electron chi connectivity index (χ2n) is 4.30. The lowest BCUT2D eigenvalue weighted by Crippen LogP contribution is -2.15. The zero-order chi connectivity index (χ0) is 14.4. The van der Waals surface area contributed by atoms with Crippen molar-refractivity contribution in [1.29, 1.82) is 0 Å². The van der Waals surface area contributed by atoms with Crippen LogP contribution < -0.4 is 5.32 Å². The predicted molar refractivity (Wildman–Crippen MR) is 86.6 cm³/mol. The van der Waals surface area contributed by atoms with Gasteiger partial charge in [-0.1, -0.05) is 36.7 Å². The summed E-state index contributed by atoms with van der Waals surface area (Å²) in [5, 5.41) is 3.66. The number of hydrogen-bond acceptors (Lipinski definition) is 2. The normalized spacial score (nSPS) is 10.3. The standard InChI is InChI=1S/C16H16ClNOS/c1-2-12-5-3-4-6-15(12)18-16(19)11-20-14-9-7-13(17)8-10-14/h3-10H,2,11H2,1H3,(H,18,19). The van der Waals surface area contributed by atoms with E-state index in [1.807, 2.05) is 48.5 Å². The van der Waals surface area contributed by atoms with E-state index in [2.05, 4.69) is 12.2 Å². The lowest BCUT2D eigenvalue weighted by Gasteiger charge is -2.09. The minimum absolute atomic E-state index is 0.00542. The fourth-order valence-electron chi connectivity index (χ4n) is 1.82. The highest BCUT2D eigenvalue weighted by Gasteiger charge is 2.06. The van der Waals surface area contributed by atoms with Crippen molar-refractivity contribution in [2.45, 2.75) is 18.2 Å². The minimum atomic E-state index is 0.00542. The first-order chi connectivity index (χ1) is 9.69. The van der Waals surface area contributed by atoms with Gasteiger partial charge in [-0.15, -0.1) is 11.8 Å². The lowest BCUT2D eigenvalue weighted by atomic mass is 10.1. The van der Waals surface area contributed by atoms with Crippen LogP contribution in [0.5, 0.6) is 0 Å². The molecule has 0 aliphatic carbocycles. The first-order valence-electron chi connectivity index (χ1n) is 6.45. The van der Waals surface area contributed by atoms with Gasteiger partial charge in [0.05, 0.1) is 5.75 Å². The summed E-state index contributed by atoms with van der Waals surface area (Å²) in [6, 6.07) is 15.4. The Morgan fingerprint density at radius 3 is 2.55 bits per heavy atom. The van der Waals surface area contributed by atoms with Gasteiger partial charge in [-0.2, -0.15) is 0 Å². The fourth-order valence-corrected chi connectivity index (χ4v) is 2.64. The SMILES string of the molecule is CCc1ccccc1NC(=O)CSc1ccc(Cl)cc1. The van der Waals surface area contributed by atoms with Crippen molar-refractivity contribution in [3.63, 3.8) is 0 Å². The number of hydrogen-bond donors (Lipinski definition) is 1. The van der Waals surface area contributed by atoms with Gasteiger partial charge in [0.15, 0.2) is 0 Å². The van der Waals surface area contributed by atoms with E-state index < -0.39 is 0 Å². The molecule has 20 heavy (non-hydrogen) atoms. The highest BCUT2D eigenvalue weighted by molar-refractivity contribution is 8.00. The molecule has 0 spiro atoms. The maximum Gasteiger partial charge on any atom is 0.234 e. The average Bonchev–Trinajstić information content (AvgIpc) is 2.47. The van der Waals surface area contributed by atoms with Gasteiger partial charge in [-0.3, -0.25) is 4.79 Å². The smallest absolute Gasteiger partial charge is 0.234 e. The van der Waals surface area contributed by atoms with Gasteiger partial charge in [0.1, 0.15) is 0 Å². The van der Waals surface area contributed by atoms with Gasteiger partial charge in [-0.25, -0.2) is 0 Å². The Morgan fingerprint density at radius 1 is 1.15 bits per heavy atom. The van der Waals surface area contributed by atoms with E-state index in [9.17, 15) is 4.79 Å². The van der Waals surface area contributed by atoms with E-state index in [0.29, 0.717) is 10.8 Å². The molecule has 0 saturated heterocycles. The number of para-hydroxylation sites is 1. The molecule has 1 amide bonds. The Bertz CT molecular complexity index is 583. The van der Waals surface area contributed by atoms with Crippen LogP contribution in [0.3, 0.4) is 0 Å². The van der Waals surface area contributed by atoms with Crippen LogP contribution in [0.15, 0.2) is 53.4 Å². The van der Waals surface area contributed by atoms with E-state index >= 15 is 0 Å². The van der Waals surface area contributed by atoms with Gasteiger partial charge in [-0.05, 0) is 42.3 Å². The van der Waals surface area contributed by atoms with Crippen LogP contribution in [-0.2, 0) is 11.2 Å². The zero-order valence-electron chi connectivity index (χ0n) is 11.2. The number of carbonyl (C=O) groups is 1. The molecule has 0 unspecified atom stereocenters. The summed E-state index contributed by atoms with van der Waals surface area (Å²) in [5.41, 5.74) is 2.05. The van der Waals surface area contributed by atoms with Crippen molar-refractivity contribution >= 4 is 35.0 Å². The van der Waals surface area contributed by atoms with Crippen molar-refractivity contribution in [2.75, 3.05) is 11.1 Å². The third kappa shape index (κ3) is 4.29. The maximum atomic E-state index is 12.0. The number of anilines is 1. The van der Waals surface area contributed by atoms with Crippen molar-refractivity contribution < 1.29 is 4.79 Å². The summed E-state index contributed by atoms with van der Waals surface area (Å²) in [7, 11) is 0. The lowest BCUT2D eigenvalue weighted by molar-refractivity contribution is -0.113.